The molecule has 6 heteroatoms. The highest BCUT2D eigenvalue weighted by Crippen LogP contribution is 2.47. The predicted molar refractivity (Wildman–Crippen MR) is 84.9 cm³/mol. The molecule has 116 valence electrons. The van der Waals surface area contributed by atoms with Gasteiger partial charge in [-0.25, -0.2) is 4.79 Å². The summed E-state index contributed by atoms with van der Waals surface area (Å²) in [4.78, 5) is 17.0. The fourth-order valence-corrected chi connectivity index (χ4v) is 4.00. The Kier molecular flexibility index (Phi) is 2.43. The number of carboxylic acids is 1. The van der Waals surface area contributed by atoms with E-state index in [1.807, 2.05) is 12.1 Å². The molecule has 1 saturated heterocycles. The van der Waals surface area contributed by atoms with E-state index in [0.29, 0.717) is 11.6 Å². The molecule has 0 spiro atoms. The first-order chi connectivity index (χ1) is 11.2. The van der Waals surface area contributed by atoms with Crippen molar-refractivity contribution >= 4 is 22.7 Å². The van der Waals surface area contributed by atoms with E-state index in [0.717, 1.165) is 24.2 Å². The lowest BCUT2D eigenvalue weighted by Crippen LogP contribution is -2.38. The summed E-state index contributed by atoms with van der Waals surface area (Å²) >= 11 is 0. The van der Waals surface area contributed by atoms with Crippen molar-refractivity contribution in [3.63, 3.8) is 0 Å². The second-order valence-corrected chi connectivity index (χ2v) is 6.26. The van der Waals surface area contributed by atoms with Gasteiger partial charge >= 0.3 is 5.97 Å². The van der Waals surface area contributed by atoms with E-state index in [4.69, 9.17) is 9.63 Å². The summed E-state index contributed by atoms with van der Waals surface area (Å²) in [5.41, 5.74) is 3.85. The number of benzene rings is 1. The van der Waals surface area contributed by atoms with Crippen LogP contribution in [0.4, 0.5) is 5.82 Å². The first kappa shape index (κ1) is 12.8. The molecule has 0 saturated carbocycles. The standard InChI is InChI=1S/C17H15N3O3/c21-17(22)13-8-12(19-23-13)10-2-1-3-11-14-9-4-6-20(7-5-9)16(14)18-15(10)11/h1-3,8-9,18H,4-7H2,(H,21,22). The third-order valence-electron chi connectivity index (χ3n) is 5.07. The number of para-hydroxylation sites is 1. The number of fused-ring (bicyclic) bond motifs is 3. The molecule has 3 aliphatic heterocycles. The Morgan fingerprint density at radius 1 is 1.35 bits per heavy atom. The molecule has 3 aromatic rings. The molecular weight excluding hydrogens is 294 g/mol. The molecule has 0 unspecified atom stereocenters. The van der Waals surface area contributed by atoms with Gasteiger partial charge in [0.15, 0.2) is 0 Å². The van der Waals surface area contributed by atoms with Crippen LogP contribution in [0.15, 0.2) is 28.8 Å². The van der Waals surface area contributed by atoms with Gasteiger partial charge < -0.3 is 19.5 Å². The molecule has 1 fully saturated rings. The van der Waals surface area contributed by atoms with Gasteiger partial charge in [-0.3, -0.25) is 0 Å². The van der Waals surface area contributed by atoms with Crippen LogP contribution in [0.2, 0.25) is 0 Å². The van der Waals surface area contributed by atoms with E-state index in [9.17, 15) is 4.79 Å². The maximum Gasteiger partial charge on any atom is 0.374 e. The fourth-order valence-electron chi connectivity index (χ4n) is 4.00. The lowest BCUT2D eigenvalue weighted by Gasteiger charge is -2.40. The van der Waals surface area contributed by atoms with Gasteiger partial charge in [-0.2, -0.15) is 0 Å². The number of anilines is 1. The number of piperidine rings is 1. The van der Waals surface area contributed by atoms with Crippen LogP contribution in [0, 0.1) is 0 Å². The van der Waals surface area contributed by atoms with Crippen molar-refractivity contribution in [2.24, 2.45) is 0 Å². The Bertz CT molecular complexity index is 932. The number of H-pyrrole nitrogens is 1. The van der Waals surface area contributed by atoms with Crippen molar-refractivity contribution < 1.29 is 14.4 Å². The van der Waals surface area contributed by atoms with Gasteiger partial charge in [0, 0.05) is 35.7 Å². The number of rotatable bonds is 2. The minimum Gasteiger partial charge on any atom is -0.475 e. The number of aromatic nitrogens is 2. The van der Waals surface area contributed by atoms with Crippen molar-refractivity contribution in [1.29, 1.82) is 0 Å². The Hall–Kier alpha value is -2.76. The van der Waals surface area contributed by atoms with Crippen LogP contribution in [-0.4, -0.2) is 34.3 Å². The van der Waals surface area contributed by atoms with Crippen molar-refractivity contribution in [3.8, 4) is 11.3 Å². The molecule has 1 aromatic carbocycles. The Morgan fingerprint density at radius 3 is 2.91 bits per heavy atom. The molecule has 5 heterocycles. The van der Waals surface area contributed by atoms with Crippen molar-refractivity contribution in [2.75, 3.05) is 18.0 Å². The zero-order valence-electron chi connectivity index (χ0n) is 12.4. The summed E-state index contributed by atoms with van der Waals surface area (Å²) < 4.78 is 4.91. The molecule has 6 nitrogen and oxygen atoms in total. The molecule has 3 aliphatic rings. The van der Waals surface area contributed by atoms with E-state index >= 15 is 0 Å². The zero-order chi connectivity index (χ0) is 15.6. The van der Waals surface area contributed by atoms with Crippen LogP contribution in [0.1, 0.15) is 34.9 Å². The molecule has 6 rings (SSSR count). The number of carbonyl (C=O) groups is 1. The Morgan fingerprint density at radius 2 is 2.17 bits per heavy atom. The number of aromatic carboxylic acids is 1. The summed E-state index contributed by atoms with van der Waals surface area (Å²) in [7, 11) is 0. The Balaban J connectivity index is 1.74. The smallest absolute Gasteiger partial charge is 0.374 e. The normalized spacial score (nSPS) is 17.0. The topological polar surface area (TPSA) is 82.4 Å². The number of aromatic amines is 1. The second-order valence-electron chi connectivity index (χ2n) is 6.26. The maximum atomic E-state index is 11.0. The van der Waals surface area contributed by atoms with Gasteiger partial charge in [0.1, 0.15) is 11.5 Å². The summed E-state index contributed by atoms with van der Waals surface area (Å²) in [6, 6.07) is 7.56. The third kappa shape index (κ3) is 1.69. The molecule has 2 aromatic heterocycles. The molecule has 0 aliphatic carbocycles. The first-order valence-corrected chi connectivity index (χ1v) is 7.82. The van der Waals surface area contributed by atoms with Crippen molar-refractivity contribution in [2.45, 2.75) is 18.8 Å². The molecule has 0 amide bonds. The average molecular weight is 309 g/mol. The van der Waals surface area contributed by atoms with Gasteiger partial charge in [0.2, 0.25) is 5.76 Å². The number of hydrogen-bond acceptors (Lipinski definition) is 4. The van der Waals surface area contributed by atoms with Gasteiger partial charge in [-0.1, -0.05) is 23.4 Å². The summed E-state index contributed by atoms with van der Waals surface area (Å²) in [6.07, 6.45) is 2.41. The number of nitrogens with one attached hydrogen (secondary N) is 1. The van der Waals surface area contributed by atoms with Crippen LogP contribution in [0.25, 0.3) is 22.2 Å². The first-order valence-electron chi connectivity index (χ1n) is 7.82. The number of nitrogens with zero attached hydrogens (tertiary/aromatic N) is 2. The van der Waals surface area contributed by atoms with Crippen molar-refractivity contribution in [3.05, 3.63) is 35.6 Å². The number of carboxylic acid groups (broad SMARTS) is 1. The highest BCUT2D eigenvalue weighted by atomic mass is 16.5. The zero-order valence-corrected chi connectivity index (χ0v) is 12.4. The summed E-state index contributed by atoms with van der Waals surface area (Å²) in [5, 5.41) is 14.2. The van der Waals surface area contributed by atoms with Gasteiger partial charge in [-0.15, -0.1) is 0 Å². The Labute approximate surface area is 131 Å². The van der Waals surface area contributed by atoms with E-state index in [2.05, 4.69) is 21.1 Å². The van der Waals surface area contributed by atoms with Crippen molar-refractivity contribution in [1.82, 2.24) is 10.1 Å². The van der Waals surface area contributed by atoms with E-state index in [-0.39, 0.29) is 5.76 Å². The van der Waals surface area contributed by atoms with Crippen LogP contribution >= 0.6 is 0 Å². The monoisotopic (exact) mass is 309 g/mol. The van der Waals surface area contributed by atoms with Gasteiger partial charge in [0.05, 0.1) is 5.52 Å². The second kappa shape index (κ2) is 4.38. The maximum absolute atomic E-state index is 11.0. The fraction of sp³-hybridized carbons (Fsp3) is 0.294. The van der Waals surface area contributed by atoms with Crippen LogP contribution < -0.4 is 4.90 Å². The van der Waals surface area contributed by atoms with Crippen LogP contribution in [0.5, 0.6) is 0 Å². The van der Waals surface area contributed by atoms with Crippen LogP contribution in [-0.2, 0) is 0 Å². The highest BCUT2D eigenvalue weighted by molar-refractivity contribution is 6.00. The lowest BCUT2D eigenvalue weighted by atomic mass is 9.84. The van der Waals surface area contributed by atoms with Crippen LogP contribution in [0.3, 0.4) is 0 Å². The quantitative estimate of drug-likeness (QED) is 0.759. The molecule has 0 radical (unpaired) electrons. The molecular formula is C17H15N3O3. The summed E-state index contributed by atoms with van der Waals surface area (Å²) in [6.45, 7) is 2.21. The van der Waals surface area contributed by atoms with Gasteiger partial charge in [-0.05, 0) is 18.8 Å². The van der Waals surface area contributed by atoms with Gasteiger partial charge in [0.25, 0.3) is 0 Å². The van der Waals surface area contributed by atoms with E-state index < -0.39 is 5.97 Å². The minimum absolute atomic E-state index is 0.142. The summed E-state index contributed by atoms with van der Waals surface area (Å²) in [5.74, 6) is 0.589. The van der Waals surface area contributed by atoms with E-state index in [1.165, 1.54) is 35.7 Å². The SMILES string of the molecule is O=C(O)c1cc(-c2cccc3c4c([nH]c23)N2CCC4CC2)no1. The highest BCUT2D eigenvalue weighted by Gasteiger charge is 2.34. The lowest BCUT2D eigenvalue weighted by molar-refractivity contribution is 0.0652. The molecule has 0 atom stereocenters. The third-order valence-corrected chi connectivity index (χ3v) is 5.07. The molecule has 23 heavy (non-hydrogen) atoms. The number of hydrogen-bond donors (Lipinski definition) is 2. The average Bonchev–Trinajstić information content (AvgIpc) is 3.21. The predicted octanol–water partition coefficient (Wildman–Crippen LogP) is 3.22. The minimum atomic E-state index is -1.11. The molecule has 2 bridgehead atoms. The largest absolute Gasteiger partial charge is 0.475 e. The molecule has 2 N–H and O–H groups in total. The van der Waals surface area contributed by atoms with E-state index in [1.54, 1.807) is 0 Å².